The number of thioether (sulfide) groups is 1. The molecular formula is C45H61F2N5O6SSi. The van der Waals surface area contributed by atoms with E-state index >= 15 is 4.39 Å². The van der Waals surface area contributed by atoms with Gasteiger partial charge in [-0.05, 0) is 66.3 Å². The van der Waals surface area contributed by atoms with E-state index in [1.807, 2.05) is 72.8 Å². The zero-order chi connectivity index (χ0) is 44.0. The van der Waals surface area contributed by atoms with E-state index in [9.17, 15) is 33.5 Å². The van der Waals surface area contributed by atoms with Crippen LogP contribution in [0.1, 0.15) is 70.2 Å². The Morgan fingerprint density at radius 2 is 1.60 bits per heavy atom. The summed E-state index contributed by atoms with van der Waals surface area (Å²) in [5, 5.41) is 12.8. The van der Waals surface area contributed by atoms with Gasteiger partial charge in [0.25, 0.3) is 11.8 Å². The van der Waals surface area contributed by atoms with E-state index in [-0.39, 0.29) is 61.1 Å². The maximum absolute atomic E-state index is 15.3. The standard InChI is InChI=1S/C45H61F2N5O6SSi/c1-45(2,3)43(38-28-34(36-29-35(46)17-18-37(36)47)31-50(38)30-33-14-9-7-10-15-33)52(23-13-22-49(44(57)58)25-27-60(4,5)6)42(56)32-59-26-12-8-11-16-39(53)48-21-24-51-40(54)19-20-41(51)55/h7,9-10,14-15,17-20,28-29,31,43H,8,11-13,16,21-27,30,32H2,1-6H3,(H,48,53)(H,57,58)/t43-/m0/s1. The largest absolute Gasteiger partial charge is 0.465 e. The highest BCUT2D eigenvalue weighted by atomic mass is 32.2. The van der Waals surface area contributed by atoms with Crippen LogP contribution in [-0.2, 0) is 25.7 Å². The van der Waals surface area contributed by atoms with Crippen molar-refractivity contribution in [3.63, 3.8) is 0 Å². The number of nitrogens with one attached hydrogen (secondary N) is 1. The Morgan fingerprint density at radius 3 is 2.25 bits per heavy atom. The summed E-state index contributed by atoms with van der Waals surface area (Å²) in [6.45, 7) is 14.5. The number of hydrogen-bond acceptors (Lipinski definition) is 6. The number of rotatable bonds is 23. The fourth-order valence-corrected chi connectivity index (χ4v) is 9.00. The summed E-state index contributed by atoms with van der Waals surface area (Å²) >= 11 is 1.50. The molecular weight excluding hydrogens is 805 g/mol. The molecule has 0 aliphatic carbocycles. The molecule has 4 rings (SSSR count). The first kappa shape index (κ1) is 47.9. The molecule has 1 aliphatic rings. The average molecular weight is 866 g/mol. The monoisotopic (exact) mass is 865 g/mol. The van der Waals surface area contributed by atoms with Gasteiger partial charge < -0.3 is 24.8 Å². The molecule has 2 heterocycles. The van der Waals surface area contributed by atoms with Crippen molar-refractivity contribution >= 4 is 49.6 Å². The molecule has 5 amide bonds. The maximum atomic E-state index is 15.3. The molecule has 0 fully saturated rings. The number of benzene rings is 2. The number of amides is 5. The van der Waals surface area contributed by atoms with Gasteiger partial charge in [-0.2, -0.15) is 11.8 Å². The fraction of sp³-hybridized carbons (Fsp3) is 0.489. The lowest BCUT2D eigenvalue weighted by Gasteiger charge is -2.41. The van der Waals surface area contributed by atoms with Gasteiger partial charge in [0.2, 0.25) is 11.8 Å². The minimum atomic E-state index is -1.52. The van der Waals surface area contributed by atoms with Crippen molar-refractivity contribution in [3.8, 4) is 11.1 Å². The van der Waals surface area contributed by atoms with Crippen molar-refractivity contribution < 1.29 is 37.9 Å². The summed E-state index contributed by atoms with van der Waals surface area (Å²) in [5.41, 5.74) is 1.82. The second-order valence-electron chi connectivity index (χ2n) is 17.6. The Morgan fingerprint density at radius 1 is 0.900 bits per heavy atom. The van der Waals surface area contributed by atoms with E-state index in [1.54, 1.807) is 0 Å². The molecule has 1 atom stereocenters. The molecule has 2 aromatic carbocycles. The molecule has 60 heavy (non-hydrogen) atoms. The lowest BCUT2D eigenvalue weighted by atomic mass is 9.83. The minimum Gasteiger partial charge on any atom is -0.465 e. The van der Waals surface area contributed by atoms with Gasteiger partial charge in [-0.1, -0.05) is 77.2 Å². The minimum absolute atomic E-state index is 0.112. The number of unbranched alkanes of at least 4 members (excludes halogenated alkanes) is 2. The van der Waals surface area contributed by atoms with Crippen molar-refractivity contribution in [2.45, 2.75) is 91.1 Å². The van der Waals surface area contributed by atoms with Gasteiger partial charge in [0.1, 0.15) is 11.6 Å². The molecule has 2 N–H and O–H groups in total. The van der Waals surface area contributed by atoms with Crippen LogP contribution in [0.4, 0.5) is 13.6 Å². The van der Waals surface area contributed by atoms with Crippen molar-refractivity contribution in [3.05, 3.63) is 95.8 Å². The smallest absolute Gasteiger partial charge is 0.407 e. The number of nitrogens with zero attached hydrogens (tertiary/aromatic N) is 4. The van der Waals surface area contributed by atoms with Crippen molar-refractivity contribution in [2.75, 3.05) is 44.2 Å². The Hall–Kier alpha value is -4.76. The molecule has 0 saturated carbocycles. The van der Waals surface area contributed by atoms with E-state index in [4.69, 9.17) is 0 Å². The van der Waals surface area contributed by atoms with Crippen LogP contribution in [0.15, 0.2) is 72.9 Å². The zero-order valence-corrected chi connectivity index (χ0v) is 37.7. The SMILES string of the molecule is CC(C)(C)[C@H](c1cc(-c2cc(F)ccc2F)cn1Cc1ccccc1)N(CCCN(CC[Si](C)(C)C)C(=O)O)C(=O)CSCCCCCC(=O)NCCN1C(=O)C=CC1=O. The number of carboxylic acid groups (broad SMARTS) is 1. The number of halogens is 2. The van der Waals surface area contributed by atoms with Crippen LogP contribution >= 0.6 is 11.8 Å². The van der Waals surface area contributed by atoms with Crippen LogP contribution in [0.5, 0.6) is 0 Å². The van der Waals surface area contributed by atoms with E-state index in [0.29, 0.717) is 43.7 Å². The predicted octanol–water partition coefficient (Wildman–Crippen LogP) is 8.44. The lowest BCUT2D eigenvalue weighted by molar-refractivity contribution is -0.137. The first-order chi connectivity index (χ1) is 28.3. The summed E-state index contributed by atoms with van der Waals surface area (Å²) < 4.78 is 31.8. The average Bonchev–Trinajstić information content (AvgIpc) is 3.72. The molecule has 0 unspecified atom stereocenters. The van der Waals surface area contributed by atoms with Crippen molar-refractivity contribution in [1.29, 1.82) is 0 Å². The second-order valence-corrected chi connectivity index (χ2v) is 24.3. The Balaban J connectivity index is 1.50. The quantitative estimate of drug-likeness (QED) is 0.0556. The summed E-state index contributed by atoms with van der Waals surface area (Å²) in [4.78, 5) is 66.9. The van der Waals surface area contributed by atoms with Crippen LogP contribution in [0, 0.1) is 17.0 Å². The number of carbonyl (C=O) groups excluding carboxylic acids is 4. The van der Waals surface area contributed by atoms with Crippen LogP contribution in [-0.4, -0.2) is 106 Å². The van der Waals surface area contributed by atoms with Crippen molar-refractivity contribution in [1.82, 2.24) is 24.6 Å². The molecule has 0 saturated heterocycles. The van der Waals surface area contributed by atoms with Gasteiger partial charge in [-0.15, -0.1) is 0 Å². The first-order valence-electron chi connectivity index (χ1n) is 20.7. The lowest BCUT2D eigenvalue weighted by Crippen LogP contribution is -2.44. The number of imide groups is 1. The molecule has 0 spiro atoms. The van der Waals surface area contributed by atoms with Gasteiger partial charge >= 0.3 is 6.09 Å². The van der Waals surface area contributed by atoms with E-state index in [0.717, 1.165) is 47.2 Å². The third-order valence-electron chi connectivity index (χ3n) is 10.3. The van der Waals surface area contributed by atoms with Crippen LogP contribution in [0.2, 0.25) is 25.7 Å². The highest BCUT2D eigenvalue weighted by Gasteiger charge is 2.37. The molecule has 0 radical (unpaired) electrons. The topological polar surface area (TPSA) is 132 Å². The highest BCUT2D eigenvalue weighted by molar-refractivity contribution is 7.99. The number of aromatic nitrogens is 1. The van der Waals surface area contributed by atoms with Gasteiger partial charge in [0, 0.05) is 88.9 Å². The molecule has 0 bridgehead atoms. The normalized spacial score (nSPS) is 13.5. The molecule has 3 aromatic rings. The van der Waals surface area contributed by atoms with Gasteiger partial charge in [0.05, 0.1) is 11.8 Å². The highest BCUT2D eigenvalue weighted by Crippen LogP contribution is 2.41. The zero-order valence-electron chi connectivity index (χ0n) is 35.8. The van der Waals surface area contributed by atoms with E-state index in [1.165, 1.54) is 34.9 Å². The summed E-state index contributed by atoms with van der Waals surface area (Å²) in [5.74, 6) is -1.30. The predicted molar refractivity (Wildman–Crippen MR) is 236 cm³/mol. The molecule has 1 aliphatic heterocycles. The molecule has 1 aromatic heterocycles. The third-order valence-corrected chi connectivity index (χ3v) is 13.1. The van der Waals surface area contributed by atoms with Crippen molar-refractivity contribution in [2.24, 2.45) is 5.41 Å². The van der Waals surface area contributed by atoms with E-state index in [2.05, 4.69) is 25.0 Å². The molecule has 15 heteroatoms. The number of carbonyl (C=O) groups is 5. The third kappa shape index (κ3) is 14.8. The van der Waals surface area contributed by atoms with Crippen LogP contribution < -0.4 is 5.32 Å². The number of hydrogen-bond donors (Lipinski definition) is 2. The summed E-state index contributed by atoms with van der Waals surface area (Å²) in [6.07, 6.45) is 6.16. The van der Waals surface area contributed by atoms with Crippen LogP contribution in [0.3, 0.4) is 0 Å². The second kappa shape index (κ2) is 22.2. The van der Waals surface area contributed by atoms with Gasteiger partial charge in [-0.3, -0.25) is 24.1 Å². The first-order valence-corrected chi connectivity index (χ1v) is 25.5. The Bertz CT molecular complexity index is 1960. The summed E-state index contributed by atoms with van der Waals surface area (Å²) in [7, 11) is -1.52. The molecule has 11 nitrogen and oxygen atoms in total. The summed E-state index contributed by atoms with van der Waals surface area (Å²) in [6, 6.07) is 15.3. The van der Waals surface area contributed by atoms with Gasteiger partial charge in [-0.25, -0.2) is 13.6 Å². The maximum Gasteiger partial charge on any atom is 0.407 e. The van der Waals surface area contributed by atoms with Gasteiger partial charge in [0.15, 0.2) is 0 Å². The Labute approximate surface area is 358 Å². The molecule has 326 valence electrons. The Kier molecular flexibility index (Phi) is 17.7. The van der Waals surface area contributed by atoms with Crippen LogP contribution in [0.25, 0.3) is 11.1 Å². The van der Waals surface area contributed by atoms with E-state index < -0.39 is 37.3 Å². The fourth-order valence-electron chi connectivity index (χ4n) is 7.17.